The summed E-state index contributed by atoms with van der Waals surface area (Å²) in [6.45, 7) is 0. The summed E-state index contributed by atoms with van der Waals surface area (Å²) in [6.07, 6.45) is 3.32. The molecule has 2 heterocycles. The van der Waals surface area contributed by atoms with Gasteiger partial charge in [0.25, 0.3) is 5.56 Å². The Hall–Kier alpha value is -2.88. The molecular weight excluding hydrogens is 250 g/mol. The van der Waals surface area contributed by atoms with Gasteiger partial charge in [0.05, 0.1) is 17.4 Å². The SMILES string of the molecule is O=c1[nH]cnc2c1ccn2-c1cccc2ccccc12. The zero-order valence-electron chi connectivity index (χ0n) is 10.6. The molecule has 4 heteroatoms. The minimum Gasteiger partial charge on any atom is -0.313 e. The van der Waals surface area contributed by atoms with E-state index in [2.05, 4.69) is 28.2 Å². The molecule has 20 heavy (non-hydrogen) atoms. The largest absolute Gasteiger partial charge is 0.313 e. The van der Waals surface area contributed by atoms with Crippen molar-refractivity contribution in [2.24, 2.45) is 0 Å². The van der Waals surface area contributed by atoms with Gasteiger partial charge in [0, 0.05) is 11.6 Å². The predicted octanol–water partition coefficient (Wildman–Crippen LogP) is 2.87. The Morgan fingerprint density at radius 2 is 1.80 bits per heavy atom. The molecule has 0 unspecified atom stereocenters. The maximum atomic E-state index is 11.8. The van der Waals surface area contributed by atoms with Crippen molar-refractivity contribution in [1.29, 1.82) is 0 Å². The zero-order valence-corrected chi connectivity index (χ0v) is 10.6. The van der Waals surface area contributed by atoms with Crippen LogP contribution in [0, 0.1) is 0 Å². The van der Waals surface area contributed by atoms with Crippen LogP contribution in [0.4, 0.5) is 0 Å². The van der Waals surface area contributed by atoms with Gasteiger partial charge in [0.1, 0.15) is 0 Å². The molecule has 0 bridgehead atoms. The molecule has 0 fully saturated rings. The zero-order chi connectivity index (χ0) is 13.5. The lowest BCUT2D eigenvalue weighted by Gasteiger charge is -2.08. The van der Waals surface area contributed by atoms with E-state index in [9.17, 15) is 4.79 Å². The van der Waals surface area contributed by atoms with Crippen LogP contribution in [-0.4, -0.2) is 14.5 Å². The summed E-state index contributed by atoms with van der Waals surface area (Å²) in [5.74, 6) is 0. The topological polar surface area (TPSA) is 50.7 Å². The van der Waals surface area contributed by atoms with E-state index in [0.717, 1.165) is 16.5 Å². The molecule has 96 valence electrons. The maximum absolute atomic E-state index is 11.8. The summed E-state index contributed by atoms with van der Waals surface area (Å²) < 4.78 is 1.95. The summed E-state index contributed by atoms with van der Waals surface area (Å²) in [7, 11) is 0. The first-order valence-electron chi connectivity index (χ1n) is 6.37. The van der Waals surface area contributed by atoms with Crippen molar-refractivity contribution in [3.8, 4) is 5.69 Å². The summed E-state index contributed by atoms with van der Waals surface area (Å²) in [5.41, 5.74) is 1.58. The normalized spacial score (nSPS) is 11.2. The van der Waals surface area contributed by atoms with Gasteiger partial charge in [-0.05, 0) is 17.5 Å². The van der Waals surface area contributed by atoms with Crippen LogP contribution in [0.3, 0.4) is 0 Å². The number of fused-ring (bicyclic) bond motifs is 2. The van der Waals surface area contributed by atoms with E-state index in [1.54, 1.807) is 6.07 Å². The first-order chi connectivity index (χ1) is 9.84. The molecule has 0 saturated heterocycles. The number of rotatable bonds is 1. The van der Waals surface area contributed by atoms with E-state index in [0.29, 0.717) is 11.0 Å². The number of aromatic nitrogens is 3. The highest BCUT2D eigenvalue weighted by atomic mass is 16.1. The maximum Gasteiger partial charge on any atom is 0.260 e. The van der Waals surface area contributed by atoms with Crippen molar-refractivity contribution < 1.29 is 0 Å². The molecule has 4 aromatic rings. The van der Waals surface area contributed by atoms with Gasteiger partial charge in [-0.15, -0.1) is 0 Å². The molecule has 0 aliphatic carbocycles. The van der Waals surface area contributed by atoms with Gasteiger partial charge in [-0.25, -0.2) is 4.98 Å². The second-order valence-electron chi connectivity index (χ2n) is 4.65. The van der Waals surface area contributed by atoms with Crippen LogP contribution in [-0.2, 0) is 0 Å². The van der Waals surface area contributed by atoms with Gasteiger partial charge in [-0.1, -0.05) is 36.4 Å². The highest BCUT2D eigenvalue weighted by molar-refractivity contribution is 5.92. The standard InChI is InChI=1S/C16H11N3O/c20-16-13-8-9-19(15(13)17-10-18-16)14-7-3-5-11-4-1-2-6-12(11)14/h1-10H,(H,17,18,20). The average molecular weight is 261 g/mol. The average Bonchev–Trinajstić information content (AvgIpc) is 2.92. The van der Waals surface area contributed by atoms with Gasteiger partial charge in [0.2, 0.25) is 0 Å². The molecule has 0 radical (unpaired) electrons. The predicted molar refractivity (Wildman–Crippen MR) is 79.2 cm³/mol. The molecule has 4 nitrogen and oxygen atoms in total. The highest BCUT2D eigenvalue weighted by Crippen LogP contribution is 2.24. The minimum atomic E-state index is -0.117. The number of benzene rings is 2. The van der Waals surface area contributed by atoms with E-state index in [-0.39, 0.29) is 5.56 Å². The first kappa shape index (κ1) is 11.0. The lowest BCUT2D eigenvalue weighted by molar-refractivity contribution is 1.07. The van der Waals surface area contributed by atoms with Crippen molar-refractivity contribution >= 4 is 21.8 Å². The minimum absolute atomic E-state index is 0.117. The Morgan fingerprint density at radius 3 is 2.75 bits per heavy atom. The number of H-pyrrole nitrogens is 1. The van der Waals surface area contributed by atoms with Crippen molar-refractivity contribution in [3.63, 3.8) is 0 Å². The summed E-state index contributed by atoms with van der Waals surface area (Å²) in [4.78, 5) is 18.7. The lowest BCUT2D eigenvalue weighted by Crippen LogP contribution is -2.06. The third kappa shape index (κ3) is 1.48. The molecule has 2 aromatic heterocycles. The molecule has 0 aliphatic rings. The monoisotopic (exact) mass is 261 g/mol. The van der Waals surface area contributed by atoms with Gasteiger partial charge < -0.3 is 9.55 Å². The van der Waals surface area contributed by atoms with Crippen LogP contribution in [0.1, 0.15) is 0 Å². The summed E-state index contributed by atoms with van der Waals surface area (Å²) >= 11 is 0. The van der Waals surface area contributed by atoms with Crippen molar-refractivity contribution in [3.05, 3.63) is 71.4 Å². The van der Waals surface area contributed by atoms with E-state index in [1.807, 2.05) is 35.0 Å². The molecule has 1 N–H and O–H groups in total. The molecule has 0 aliphatic heterocycles. The Morgan fingerprint density at radius 1 is 0.950 bits per heavy atom. The Kier molecular flexibility index (Phi) is 2.23. The second kappa shape index (κ2) is 4.06. The van der Waals surface area contributed by atoms with Crippen molar-refractivity contribution in [2.45, 2.75) is 0 Å². The molecule has 0 spiro atoms. The molecule has 4 rings (SSSR count). The fraction of sp³-hybridized carbons (Fsp3) is 0. The molecular formula is C16H11N3O. The second-order valence-corrected chi connectivity index (χ2v) is 4.65. The fourth-order valence-electron chi connectivity index (χ4n) is 2.58. The van der Waals surface area contributed by atoms with E-state index in [4.69, 9.17) is 0 Å². The van der Waals surface area contributed by atoms with Crippen LogP contribution in [0.25, 0.3) is 27.5 Å². The number of nitrogens with one attached hydrogen (secondary N) is 1. The van der Waals surface area contributed by atoms with E-state index >= 15 is 0 Å². The molecule has 0 amide bonds. The quantitative estimate of drug-likeness (QED) is 0.572. The Labute approximate surface area is 114 Å². The third-order valence-corrected chi connectivity index (χ3v) is 3.51. The summed E-state index contributed by atoms with van der Waals surface area (Å²) in [5, 5.41) is 2.90. The van der Waals surface area contributed by atoms with Crippen LogP contribution in [0.15, 0.2) is 65.8 Å². The molecule has 2 aromatic carbocycles. The van der Waals surface area contributed by atoms with Crippen LogP contribution in [0.2, 0.25) is 0 Å². The highest BCUT2D eigenvalue weighted by Gasteiger charge is 2.09. The van der Waals surface area contributed by atoms with Gasteiger partial charge in [-0.3, -0.25) is 4.79 Å². The van der Waals surface area contributed by atoms with Gasteiger partial charge in [0.15, 0.2) is 5.65 Å². The Balaban J connectivity index is 2.12. The fourth-order valence-corrected chi connectivity index (χ4v) is 2.58. The molecule has 0 atom stereocenters. The number of hydrogen-bond acceptors (Lipinski definition) is 2. The van der Waals surface area contributed by atoms with Crippen molar-refractivity contribution in [1.82, 2.24) is 14.5 Å². The van der Waals surface area contributed by atoms with Crippen LogP contribution in [0.5, 0.6) is 0 Å². The van der Waals surface area contributed by atoms with E-state index in [1.165, 1.54) is 6.33 Å². The van der Waals surface area contributed by atoms with Crippen molar-refractivity contribution in [2.75, 3.05) is 0 Å². The summed E-state index contributed by atoms with van der Waals surface area (Å²) in [6, 6.07) is 16.1. The number of aromatic amines is 1. The van der Waals surface area contributed by atoms with Gasteiger partial charge in [-0.2, -0.15) is 0 Å². The Bertz CT molecular complexity index is 976. The number of hydrogen-bond donors (Lipinski definition) is 1. The lowest BCUT2D eigenvalue weighted by atomic mass is 10.1. The first-order valence-corrected chi connectivity index (χ1v) is 6.37. The number of nitrogens with zero attached hydrogens (tertiary/aromatic N) is 2. The molecule has 0 saturated carbocycles. The van der Waals surface area contributed by atoms with E-state index < -0.39 is 0 Å². The third-order valence-electron chi connectivity index (χ3n) is 3.51. The van der Waals surface area contributed by atoms with Gasteiger partial charge >= 0.3 is 0 Å². The smallest absolute Gasteiger partial charge is 0.260 e. The van der Waals surface area contributed by atoms with Crippen LogP contribution >= 0.6 is 0 Å². The van der Waals surface area contributed by atoms with Crippen LogP contribution < -0.4 is 5.56 Å².